The first kappa shape index (κ1) is 9.77. The first-order valence-electron chi connectivity index (χ1n) is 5.30. The number of rotatable bonds is 1. The number of aliphatic hydroxyl groups is 1. The number of aliphatic hydroxyl groups excluding tert-OH is 1. The van der Waals surface area contributed by atoms with Gasteiger partial charge in [-0.15, -0.1) is 0 Å². The highest BCUT2D eigenvalue weighted by atomic mass is 16.6. The molecule has 0 bridgehead atoms. The Labute approximate surface area is 83.8 Å². The van der Waals surface area contributed by atoms with Gasteiger partial charge in [-0.2, -0.15) is 0 Å². The van der Waals surface area contributed by atoms with Gasteiger partial charge in [-0.25, -0.2) is 4.79 Å². The molecule has 14 heavy (non-hydrogen) atoms. The van der Waals surface area contributed by atoms with Crippen molar-refractivity contribution in [1.82, 2.24) is 4.90 Å². The molecule has 4 nitrogen and oxygen atoms in total. The highest BCUT2D eigenvalue weighted by molar-refractivity contribution is 5.69. The quantitative estimate of drug-likeness (QED) is 0.685. The van der Waals surface area contributed by atoms with Crippen LogP contribution < -0.4 is 0 Å². The van der Waals surface area contributed by atoms with E-state index in [2.05, 4.69) is 6.92 Å². The van der Waals surface area contributed by atoms with Crippen molar-refractivity contribution in [2.24, 2.45) is 5.92 Å². The lowest BCUT2D eigenvalue weighted by molar-refractivity contribution is 0.0505. The topological polar surface area (TPSA) is 49.8 Å². The van der Waals surface area contributed by atoms with Crippen LogP contribution in [0.2, 0.25) is 0 Å². The molecule has 4 heteroatoms. The predicted molar refractivity (Wildman–Crippen MR) is 50.9 cm³/mol. The zero-order valence-electron chi connectivity index (χ0n) is 8.48. The summed E-state index contributed by atoms with van der Waals surface area (Å²) in [5.74, 6) is 0.476. The molecule has 1 heterocycles. The van der Waals surface area contributed by atoms with Crippen molar-refractivity contribution in [3.8, 4) is 0 Å². The molecule has 0 spiro atoms. The van der Waals surface area contributed by atoms with Gasteiger partial charge < -0.3 is 14.7 Å². The standard InChI is InChI=1S/C10H17NO3/c1-7-2-3-8(12)6-9(7)11-4-5-14-10(11)13/h7-9,12H,2-6H2,1H3. The van der Waals surface area contributed by atoms with E-state index in [0.717, 1.165) is 12.8 Å². The summed E-state index contributed by atoms with van der Waals surface area (Å²) in [6, 6.07) is 0.175. The number of amides is 1. The molecule has 2 fully saturated rings. The van der Waals surface area contributed by atoms with Gasteiger partial charge in [0.25, 0.3) is 0 Å². The molecule has 1 aliphatic heterocycles. The van der Waals surface area contributed by atoms with Gasteiger partial charge in [0.1, 0.15) is 6.61 Å². The van der Waals surface area contributed by atoms with Crippen LogP contribution in [0.5, 0.6) is 0 Å². The van der Waals surface area contributed by atoms with Crippen LogP contribution in [0.3, 0.4) is 0 Å². The molecular weight excluding hydrogens is 182 g/mol. The smallest absolute Gasteiger partial charge is 0.410 e. The van der Waals surface area contributed by atoms with Crippen LogP contribution >= 0.6 is 0 Å². The number of ether oxygens (including phenoxy) is 1. The Morgan fingerprint density at radius 2 is 2.29 bits per heavy atom. The van der Waals surface area contributed by atoms with Crippen molar-refractivity contribution in [3.05, 3.63) is 0 Å². The summed E-state index contributed by atoms with van der Waals surface area (Å²) in [6.07, 6.45) is 2.10. The molecule has 80 valence electrons. The van der Waals surface area contributed by atoms with E-state index in [9.17, 15) is 9.90 Å². The Morgan fingerprint density at radius 3 is 2.93 bits per heavy atom. The van der Waals surface area contributed by atoms with Crippen molar-refractivity contribution in [3.63, 3.8) is 0 Å². The van der Waals surface area contributed by atoms with Gasteiger partial charge in [-0.05, 0) is 25.2 Å². The van der Waals surface area contributed by atoms with E-state index in [4.69, 9.17) is 4.74 Å². The maximum Gasteiger partial charge on any atom is 0.410 e. The Bertz CT molecular complexity index is 231. The van der Waals surface area contributed by atoms with Gasteiger partial charge >= 0.3 is 6.09 Å². The lowest BCUT2D eigenvalue weighted by Crippen LogP contribution is -2.45. The normalized spacial score (nSPS) is 38.6. The zero-order chi connectivity index (χ0) is 10.1. The van der Waals surface area contributed by atoms with E-state index in [-0.39, 0.29) is 18.2 Å². The van der Waals surface area contributed by atoms with Gasteiger partial charge in [0, 0.05) is 6.04 Å². The Morgan fingerprint density at radius 1 is 1.50 bits per heavy atom. The minimum absolute atomic E-state index is 0.175. The largest absolute Gasteiger partial charge is 0.448 e. The number of carbonyl (C=O) groups is 1. The lowest BCUT2D eigenvalue weighted by atomic mass is 9.83. The molecule has 1 amide bonds. The summed E-state index contributed by atoms with van der Waals surface area (Å²) in [5.41, 5.74) is 0. The zero-order valence-corrected chi connectivity index (χ0v) is 8.48. The molecule has 1 aliphatic carbocycles. The molecule has 1 saturated carbocycles. The maximum absolute atomic E-state index is 11.3. The first-order chi connectivity index (χ1) is 6.68. The van der Waals surface area contributed by atoms with Gasteiger partial charge in [0.05, 0.1) is 12.6 Å². The Balaban J connectivity index is 2.03. The van der Waals surface area contributed by atoms with Gasteiger partial charge in [-0.3, -0.25) is 0 Å². The lowest BCUT2D eigenvalue weighted by Gasteiger charge is -2.36. The molecule has 0 radical (unpaired) electrons. The van der Waals surface area contributed by atoms with E-state index >= 15 is 0 Å². The molecule has 2 rings (SSSR count). The second-order valence-electron chi connectivity index (χ2n) is 4.32. The summed E-state index contributed by atoms with van der Waals surface area (Å²) in [4.78, 5) is 13.1. The van der Waals surface area contributed by atoms with Crippen LogP contribution in [0.25, 0.3) is 0 Å². The van der Waals surface area contributed by atoms with E-state index in [1.54, 1.807) is 4.90 Å². The predicted octanol–water partition coefficient (Wildman–Crippen LogP) is 0.988. The van der Waals surface area contributed by atoms with Crippen LogP contribution in [-0.2, 0) is 4.74 Å². The van der Waals surface area contributed by atoms with Crippen molar-refractivity contribution >= 4 is 6.09 Å². The maximum atomic E-state index is 11.3. The average Bonchev–Trinajstić information content (AvgIpc) is 2.56. The van der Waals surface area contributed by atoms with Crippen LogP contribution in [0, 0.1) is 5.92 Å². The summed E-state index contributed by atoms with van der Waals surface area (Å²) in [5, 5.41) is 9.57. The molecule has 1 N–H and O–H groups in total. The van der Waals surface area contributed by atoms with Crippen LogP contribution in [0.1, 0.15) is 26.2 Å². The van der Waals surface area contributed by atoms with Crippen LogP contribution in [-0.4, -0.2) is 41.4 Å². The number of nitrogens with zero attached hydrogens (tertiary/aromatic N) is 1. The molecule has 0 aromatic rings. The first-order valence-corrected chi connectivity index (χ1v) is 5.30. The summed E-state index contributed by atoms with van der Waals surface area (Å²) < 4.78 is 4.91. The van der Waals surface area contributed by atoms with Crippen molar-refractivity contribution in [1.29, 1.82) is 0 Å². The molecule has 3 unspecified atom stereocenters. The highest BCUT2D eigenvalue weighted by Crippen LogP contribution is 2.29. The second-order valence-corrected chi connectivity index (χ2v) is 4.32. The van der Waals surface area contributed by atoms with Crippen LogP contribution in [0.15, 0.2) is 0 Å². The number of carbonyl (C=O) groups excluding carboxylic acids is 1. The summed E-state index contributed by atoms with van der Waals surface area (Å²) >= 11 is 0. The van der Waals surface area contributed by atoms with Gasteiger partial charge in [0.2, 0.25) is 0 Å². The molecule has 2 aliphatic rings. The number of hydrogen-bond acceptors (Lipinski definition) is 3. The van der Waals surface area contributed by atoms with Crippen LogP contribution in [0.4, 0.5) is 4.79 Å². The van der Waals surface area contributed by atoms with Crippen molar-refractivity contribution in [2.75, 3.05) is 13.2 Å². The highest BCUT2D eigenvalue weighted by Gasteiger charge is 2.36. The second kappa shape index (κ2) is 3.77. The molecule has 0 aromatic heterocycles. The molecular formula is C10H17NO3. The Hall–Kier alpha value is -0.770. The van der Waals surface area contributed by atoms with E-state index < -0.39 is 0 Å². The fourth-order valence-corrected chi connectivity index (χ4v) is 2.42. The van der Waals surface area contributed by atoms with Crippen molar-refractivity contribution < 1.29 is 14.6 Å². The van der Waals surface area contributed by atoms with Crippen molar-refractivity contribution in [2.45, 2.75) is 38.3 Å². The number of hydrogen-bond donors (Lipinski definition) is 1. The fraction of sp³-hybridized carbons (Fsp3) is 0.900. The summed E-state index contributed by atoms with van der Waals surface area (Å²) in [6.45, 7) is 3.32. The monoisotopic (exact) mass is 199 g/mol. The third-order valence-electron chi connectivity index (χ3n) is 3.32. The van der Waals surface area contributed by atoms with Gasteiger partial charge in [0.15, 0.2) is 0 Å². The van der Waals surface area contributed by atoms with Gasteiger partial charge in [-0.1, -0.05) is 6.92 Å². The SMILES string of the molecule is CC1CCC(O)CC1N1CCOC1=O. The Kier molecular flexibility index (Phi) is 2.63. The fourth-order valence-electron chi connectivity index (χ4n) is 2.42. The van der Waals surface area contributed by atoms with E-state index in [1.807, 2.05) is 0 Å². The third kappa shape index (κ3) is 1.71. The average molecular weight is 199 g/mol. The van der Waals surface area contributed by atoms with E-state index in [0.29, 0.717) is 25.5 Å². The molecule has 1 saturated heterocycles. The number of cyclic esters (lactones) is 1. The molecule has 0 aromatic carbocycles. The minimum atomic E-state index is -0.246. The minimum Gasteiger partial charge on any atom is -0.448 e. The molecule has 3 atom stereocenters. The summed E-state index contributed by atoms with van der Waals surface area (Å²) in [7, 11) is 0. The third-order valence-corrected chi connectivity index (χ3v) is 3.32. The van der Waals surface area contributed by atoms with E-state index in [1.165, 1.54) is 0 Å².